The van der Waals surface area contributed by atoms with E-state index in [1.807, 2.05) is 47.5 Å². The van der Waals surface area contributed by atoms with Gasteiger partial charge < -0.3 is 10.1 Å². The molecule has 5 rings (SSSR count). The fraction of sp³-hybridized carbons (Fsp3) is 0.241. The van der Waals surface area contributed by atoms with Gasteiger partial charge in [-0.3, -0.25) is 9.69 Å². The van der Waals surface area contributed by atoms with Gasteiger partial charge in [0, 0.05) is 18.7 Å². The van der Waals surface area contributed by atoms with Gasteiger partial charge in [0.05, 0.1) is 16.9 Å². The second-order valence-corrected chi connectivity index (χ2v) is 10.0. The summed E-state index contributed by atoms with van der Waals surface area (Å²) in [5.41, 5.74) is 6.98. The van der Waals surface area contributed by atoms with Crippen LogP contribution in [0.5, 0.6) is 0 Å². The number of fused-ring (bicyclic) bond motifs is 1. The van der Waals surface area contributed by atoms with E-state index in [1.165, 1.54) is 16.7 Å². The predicted octanol–water partition coefficient (Wildman–Crippen LogP) is 6.21. The Morgan fingerprint density at radius 1 is 1.11 bits per heavy atom. The van der Waals surface area contributed by atoms with E-state index in [-0.39, 0.29) is 0 Å². The van der Waals surface area contributed by atoms with Crippen LogP contribution >= 0.6 is 11.6 Å². The maximum Gasteiger partial charge on any atom is 0.323 e. The molecule has 0 spiro atoms. The van der Waals surface area contributed by atoms with Crippen molar-refractivity contribution in [3.63, 3.8) is 0 Å². The Morgan fingerprint density at radius 3 is 2.69 bits per heavy atom. The standard InChI is InChI=1S/C29H28ClN3O2/c1-29(2,28(34)35)33-14-13-23-21(9-6-10-22(23)18-33)15-19-11-12-25(30)24(16-19)27-31-17-26(32-27)20-7-4-3-5-8-20/h3-12,16-17H,13-15,18H2,1-2H3,(H,31,32)(H,34,35). The van der Waals surface area contributed by atoms with Gasteiger partial charge in [0.25, 0.3) is 0 Å². The second kappa shape index (κ2) is 9.33. The molecule has 35 heavy (non-hydrogen) atoms. The SMILES string of the molecule is CC(C)(C(=O)O)N1CCc2c(Cc3ccc(Cl)c(-c4ncc(-c5ccccc5)[nH]4)c3)cccc2C1. The fourth-order valence-electron chi connectivity index (χ4n) is 4.77. The van der Waals surface area contributed by atoms with E-state index >= 15 is 0 Å². The molecule has 0 unspecified atom stereocenters. The minimum absolute atomic E-state index is 0.642. The molecule has 178 valence electrons. The first-order valence-electron chi connectivity index (χ1n) is 11.8. The third-order valence-electron chi connectivity index (χ3n) is 7.02. The van der Waals surface area contributed by atoms with Crippen molar-refractivity contribution in [3.8, 4) is 22.6 Å². The number of halogens is 1. The molecule has 1 aliphatic heterocycles. The summed E-state index contributed by atoms with van der Waals surface area (Å²) in [7, 11) is 0. The molecule has 0 atom stereocenters. The highest BCUT2D eigenvalue weighted by Gasteiger charge is 2.36. The maximum absolute atomic E-state index is 11.7. The van der Waals surface area contributed by atoms with Gasteiger partial charge in [-0.05, 0) is 66.6 Å². The van der Waals surface area contributed by atoms with E-state index in [0.717, 1.165) is 47.6 Å². The minimum Gasteiger partial charge on any atom is -0.480 e. The molecule has 0 aliphatic carbocycles. The van der Waals surface area contributed by atoms with Crippen LogP contribution in [-0.2, 0) is 24.2 Å². The van der Waals surface area contributed by atoms with Gasteiger partial charge in [-0.25, -0.2) is 4.98 Å². The van der Waals surface area contributed by atoms with E-state index in [4.69, 9.17) is 11.6 Å². The zero-order chi connectivity index (χ0) is 24.6. The van der Waals surface area contributed by atoms with Crippen molar-refractivity contribution in [2.45, 2.75) is 38.8 Å². The lowest BCUT2D eigenvalue weighted by atomic mass is 9.88. The van der Waals surface area contributed by atoms with Crippen LogP contribution in [0.4, 0.5) is 0 Å². The lowest BCUT2D eigenvalue weighted by molar-refractivity contribution is -0.150. The van der Waals surface area contributed by atoms with Gasteiger partial charge in [-0.2, -0.15) is 0 Å². The van der Waals surface area contributed by atoms with Crippen molar-refractivity contribution in [2.75, 3.05) is 6.54 Å². The molecule has 6 heteroatoms. The van der Waals surface area contributed by atoms with Gasteiger partial charge in [0.1, 0.15) is 11.4 Å². The summed E-state index contributed by atoms with van der Waals surface area (Å²) in [4.78, 5) is 21.8. The molecule has 4 aromatic rings. The topological polar surface area (TPSA) is 69.2 Å². The Labute approximate surface area is 210 Å². The summed E-state index contributed by atoms with van der Waals surface area (Å²) in [6, 6.07) is 22.6. The molecule has 1 aliphatic rings. The molecule has 0 saturated carbocycles. The van der Waals surface area contributed by atoms with Crippen molar-refractivity contribution in [1.82, 2.24) is 14.9 Å². The number of imidazole rings is 1. The number of hydrogen-bond acceptors (Lipinski definition) is 3. The van der Waals surface area contributed by atoms with Gasteiger partial charge in [0.2, 0.25) is 0 Å². The Bertz CT molecular complexity index is 1380. The second-order valence-electron chi connectivity index (χ2n) is 9.59. The summed E-state index contributed by atoms with van der Waals surface area (Å²) in [5, 5.41) is 10.3. The first-order valence-corrected chi connectivity index (χ1v) is 12.2. The molecule has 0 amide bonds. The molecule has 0 radical (unpaired) electrons. The van der Waals surface area contributed by atoms with E-state index in [9.17, 15) is 9.90 Å². The van der Waals surface area contributed by atoms with E-state index in [0.29, 0.717) is 11.6 Å². The third-order valence-corrected chi connectivity index (χ3v) is 7.35. The van der Waals surface area contributed by atoms with Gasteiger partial charge in [0.15, 0.2) is 0 Å². The van der Waals surface area contributed by atoms with Crippen molar-refractivity contribution >= 4 is 17.6 Å². The Kier molecular flexibility index (Phi) is 6.22. The smallest absolute Gasteiger partial charge is 0.323 e. The van der Waals surface area contributed by atoms with Gasteiger partial charge >= 0.3 is 5.97 Å². The highest BCUT2D eigenvalue weighted by Crippen LogP contribution is 2.32. The monoisotopic (exact) mass is 485 g/mol. The number of nitrogens with zero attached hydrogens (tertiary/aromatic N) is 2. The number of benzene rings is 3. The number of aromatic amines is 1. The number of aromatic nitrogens is 2. The molecule has 3 aromatic carbocycles. The number of carboxylic acids is 1. The molecule has 2 N–H and O–H groups in total. The third kappa shape index (κ3) is 4.62. The summed E-state index contributed by atoms with van der Waals surface area (Å²) in [6.45, 7) is 4.92. The quantitative estimate of drug-likeness (QED) is 0.340. The molecular formula is C29H28ClN3O2. The number of hydrogen-bond donors (Lipinski definition) is 2. The lowest BCUT2D eigenvalue weighted by Crippen LogP contribution is -2.51. The zero-order valence-electron chi connectivity index (χ0n) is 19.9. The largest absolute Gasteiger partial charge is 0.480 e. The van der Waals surface area contributed by atoms with Crippen molar-refractivity contribution in [2.24, 2.45) is 0 Å². The van der Waals surface area contributed by atoms with Crippen LogP contribution in [0.3, 0.4) is 0 Å². The van der Waals surface area contributed by atoms with Crippen LogP contribution < -0.4 is 0 Å². The maximum atomic E-state index is 11.7. The number of aliphatic carboxylic acids is 1. The molecule has 2 heterocycles. The van der Waals surface area contributed by atoms with Crippen LogP contribution in [0.15, 0.2) is 72.9 Å². The van der Waals surface area contributed by atoms with Crippen LogP contribution in [0.25, 0.3) is 22.6 Å². The summed E-state index contributed by atoms with van der Waals surface area (Å²) < 4.78 is 0. The minimum atomic E-state index is -0.888. The molecule has 0 saturated heterocycles. The molecular weight excluding hydrogens is 458 g/mol. The molecule has 5 nitrogen and oxygen atoms in total. The summed E-state index contributed by atoms with van der Waals surface area (Å²) in [6.07, 6.45) is 3.45. The molecule has 0 fully saturated rings. The van der Waals surface area contributed by atoms with Crippen molar-refractivity contribution in [3.05, 3.63) is 100 Å². The first-order chi connectivity index (χ1) is 16.8. The Hall–Kier alpha value is -3.41. The summed E-state index contributed by atoms with van der Waals surface area (Å²) in [5.74, 6) is -0.0449. The van der Waals surface area contributed by atoms with Crippen LogP contribution in [0.1, 0.15) is 36.1 Å². The van der Waals surface area contributed by atoms with E-state index in [1.54, 1.807) is 13.8 Å². The van der Waals surface area contributed by atoms with Crippen molar-refractivity contribution < 1.29 is 9.90 Å². The average Bonchev–Trinajstić information content (AvgIpc) is 3.35. The van der Waals surface area contributed by atoms with Crippen LogP contribution in [-0.4, -0.2) is 38.0 Å². The normalized spacial score (nSPS) is 14.0. The fourth-order valence-corrected chi connectivity index (χ4v) is 4.98. The van der Waals surface area contributed by atoms with E-state index in [2.05, 4.69) is 40.3 Å². The van der Waals surface area contributed by atoms with Crippen molar-refractivity contribution in [1.29, 1.82) is 0 Å². The highest BCUT2D eigenvalue weighted by molar-refractivity contribution is 6.33. The summed E-state index contributed by atoms with van der Waals surface area (Å²) >= 11 is 6.58. The highest BCUT2D eigenvalue weighted by atomic mass is 35.5. The molecule has 1 aromatic heterocycles. The number of nitrogens with one attached hydrogen (secondary N) is 1. The predicted molar refractivity (Wildman–Crippen MR) is 140 cm³/mol. The Balaban J connectivity index is 1.41. The van der Waals surface area contributed by atoms with Crippen LogP contribution in [0.2, 0.25) is 5.02 Å². The number of carboxylic acid groups (broad SMARTS) is 1. The average molecular weight is 486 g/mol. The van der Waals surface area contributed by atoms with Crippen LogP contribution in [0, 0.1) is 0 Å². The number of carbonyl (C=O) groups is 1. The van der Waals surface area contributed by atoms with E-state index < -0.39 is 11.5 Å². The first kappa shape index (κ1) is 23.3. The zero-order valence-corrected chi connectivity index (χ0v) is 20.6. The number of rotatable bonds is 6. The lowest BCUT2D eigenvalue weighted by Gasteiger charge is -2.39. The Morgan fingerprint density at radius 2 is 1.91 bits per heavy atom. The number of H-pyrrole nitrogens is 1. The van der Waals surface area contributed by atoms with Gasteiger partial charge in [-0.15, -0.1) is 0 Å². The molecule has 0 bridgehead atoms. The van der Waals surface area contributed by atoms with Gasteiger partial charge in [-0.1, -0.05) is 66.2 Å².